The molecule has 0 bridgehead atoms. The number of hydrogen-bond donors (Lipinski definition) is 2. The van der Waals surface area contributed by atoms with Gasteiger partial charge in [-0.1, -0.05) is 30.3 Å². The summed E-state index contributed by atoms with van der Waals surface area (Å²) in [5.41, 5.74) is 7.32. The van der Waals surface area contributed by atoms with Gasteiger partial charge in [-0.3, -0.25) is 0 Å². The summed E-state index contributed by atoms with van der Waals surface area (Å²) in [7, 11) is 0. The summed E-state index contributed by atoms with van der Waals surface area (Å²) in [4.78, 5) is 2.30. The Balaban J connectivity index is 1.73. The third-order valence-electron chi connectivity index (χ3n) is 4.19. The van der Waals surface area contributed by atoms with E-state index >= 15 is 0 Å². The van der Waals surface area contributed by atoms with Crippen molar-refractivity contribution >= 4 is 0 Å². The lowest BCUT2D eigenvalue weighted by Crippen LogP contribution is -2.47. The number of nitrogens with zero attached hydrogens (tertiary/aromatic N) is 1. The fourth-order valence-electron chi connectivity index (χ4n) is 2.92. The number of aliphatic hydroxyl groups is 1. The van der Waals surface area contributed by atoms with E-state index < -0.39 is 6.10 Å². The molecule has 0 aliphatic carbocycles. The molecule has 21 heavy (non-hydrogen) atoms. The maximum atomic E-state index is 10.3. The molecule has 0 aromatic heterocycles. The van der Waals surface area contributed by atoms with E-state index in [1.165, 1.54) is 5.56 Å². The number of likely N-dealkylation sites (tertiary alicyclic amines) is 1. The van der Waals surface area contributed by atoms with Crippen molar-refractivity contribution < 1.29 is 9.84 Å². The van der Waals surface area contributed by atoms with Crippen LogP contribution >= 0.6 is 0 Å². The Kier molecular flexibility index (Phi) is 6.64. The third-order valence-corrected chi connectivity index (χ3v) is 4.19. The van der Waals surface area contributed by atoms with Crippen LogP contribution in [0.1, 0.15) is 25.3 Å². The smallest absolute Gasteiger partial charge is 0.0820 e. The minimum absolute atomic E-state index is 0.211. The number of rotatable bonds is 7. The predicted molar refractivity (Wildman–Crippen MR) is 85.2 cm³/mol. The first-order valence-corrected chi connectivity index (χ1v) is 8.00. The van der Waals surface area contributed by atoms with Crippen molar-refractivity contribution in [3.63, 3.8) is 0 Å². The van der Waals surface area contributed by atoms with Crippen molar-refractivity contribution in [2.24, 2.45) is 5.73 Å². The fourth-order valence-corrected chi connectivity index (χ4v) is 2.92. The second-order valence-corrected chi connectivity index (χ2v) is 5.88. The molecule has 1 fully saturated rings. The maximum Gasteiger partial charge on any atom is 0.0820 e. The van der Waals surface area contributed by atoms with Crippen LogP contribution in [0, 0.1) is 0 Å². The summed E-state index contributed by atoms with van der Waals surface area (Å²) < 4.78 is 5.65. The first-order valence-electron chi connectivity index (χ1n) is 8.00. The largest absolute Gasteiger partial charge is 0.390 e. The van der Waals surface area contributed by atoms with Gasteiger partial charge in [-0.05, 0) is 31.7 Å². The van der Waals surface area contributed by atoms with Gasteiger partial charge < -0.3 is 20.5 Å². The number of benzene rings is 1. The van der Waals surface area contributed by atoms with Crippen LogP contribution in [-0.4, -0.2) is 54.5 Å². The lowest BCUT2D eigenvalue weighted by molar-refractivity contribution is 0.000853. The van der Waals surface area contributed by atoms with E-state index in [0.717, 1.165) is 39.0 Å². The standard InChI is InChI=1S/C17H28N2O2/c1-2-21-15-8-10-19(11-9-15)13-17(20)16(18)12-14-6-4-3-5-7-14/h3-7,15-17,20H,2,8-13,18H2,1H3. The van der Waals surface area contributed by atoms with Crippen LogP contribution in [0.5, 0.6) is 0 Å². The Morgan fingerprint density at radius 1 is 1.29 bits per heavy atom. The highest BCUT2D eigenvalue weighted by atomic mass is 16.5. The van der Waals surface area contributed by atoms with Crippen LogP contribution in [0.3, 0.4) is 0 Å². The summed E-state index contributed by atoms with van der Waals surface area (Å²) in [6.07, 6.45) is 2.73. The SMILES string of the molecule is CCOC1CCN(CC(O)C(N)Cc2ccccc2)CC1. The van der Waals surface area contributed by atoms with Crippen LogP contribution in [0.25, 0.3) is 0 Å². The summed E-state index contributed by atoms with van der Waals surface area (Å²) >= 11 is 0. The molecule has 0 amide bonds. The molecule has 2 atom stereocenters. The van der Waals surface area contributed by atoms with Crippen LogP contribution in [-0.2, 0) is 11.2 Å². The molecule has 1 saturated heterocycles. The summed E-state index contributed by atoms with van der Waals surface area (Å²) in [6, 6.07) is 9.91. The molecule has 0 spiro atoms. The molecule has 2 rings (SSSR count). The zero-order valence-electron chi connectivity index (χ0n) is 12.9. The van der Waals surface area contributed by atoms with E-state index in [1.807, 2.05) is 25.1 Å². The van der Waals surface area contributed by atoms with Gasteiger partial charge in [0, 0.05) is 32.3 Å². The van der Waals surface area contributed by atoms with Gasteiger partial charge >= 0.3 is 0 Å². The van der Waals surface area contributed by atoms with Crippen molar-refractivity contribution in [1.29, 1.82) is 0 Å². The van der Waals surface area contributed by atoms with E-state index in [9.17, 15) is 5.11 Å². The molecule has 0 saturated carbocycles. The Hall–Kier alpha value is -0.940. The molecule has 1 heterocycles. The molecular weight excluding hydrogens is 264 g/mol. The van der Waals surface area contributed by atoms with Crippen molar-refractivity contribution in [1.82, 2.24) is 4.90 Å². The molecule has 1 aromatic carbocycles. The van der Waals surface area contributed by atoms with Crippen molar-refractivity contribution in [2.75, 3.05) is 26.2 Å². The van der Waals surface area contributed by atoms with Gasteiger partial charge in [-0.15, -0.1) is 0 Å². The zero-order chi connectivity index (χ0) is 15.1. The molecule has 3 N–H and O–H groups in total. The first-order chi connectivity index (χ1) is 10.2. The fraction of sp³-hybridized carbons (Fsp3) is 0.647. The van der Waals surface area contributed by atoms with Crippen LogP contribution in [0.2, 0.25) is 0 Å². The number of aliphatic hydroxyl groups excluding tert-OH is 1. The van der Waals surface area contributed by atoms with Gasteiger partial charge in [0.05, 0.1) is 12.2 Å². The monoisotopic (exact) mass is 292 g/mol. The third kappa shape index (κ3) is 5.40. The summed E-state index contributed by atoms with van der Waals surface area (Å²) in [5.74, 6) is 0. The average Bonchev–Trinajstić information content (AvgIpc) is 2.50. The van der Waals surface area contributed by atoms with Crippen LogP contribution in [0.15, 0.2) is 30.3 Å². The average molecular weight is 292 g/mol. The van der Waals surface area contributed by atoms with Gasteiger partial charge in [0.2, 0.25) is 0 Å². The van der Waals surface area contributed by atoms with Gasteiger partial charge in [-0.2, -0.15) is 0 Å². The van der Waals surface area contributed by atoms with Crippen molar-refractivity contribution in [2.45, 2.75) is 44.4 Å². The number of β-amino-alcohol motifs (C(OH)–C–C–N with tert-alkyl or cyclic N) is 1. The van der Waals surface area contributed by atoms with E-state index in [-0.39, 0.29) is 6.04 Å². The molecule has 2 unspecified atom stereocenters. The first kappa shape index (κ1) is 16.4. The van der Waals surface area contributed by atoms with Gasteiger partial charge in [0.25, 0.3) is 0 Å². The van der Waals surface area contributed by atoms with E-state index in [2.05, 4.69) is 17.0 Å². The van der Waals surface area contributed by atoms with Gasteiger partial charge in [-0.25, -0.2) is 0 Å². The molecule has 0 radical (unpaired) electrons. The Labute approximate surface area is 127 Å². The highest BCUT2D eigenvalue weighted by Crippen LogP contribution is 2.14. The van der Waals surface area contributed by atoms with Crippen LogP contribution < -0.4 is 5.73 Å². The molecular formula is C17H28N2O2. The highest BCUT2D eigenvalue weighted by molar-refractivity contribution is 5.16. The quantitative estimate of drug-likeness (QED) is 0.798. The number of hydrogen-bond acceptors (Lipinski definition) is 4. The molecule has 1 aliphatic rings. The van der Waals surface area contributed by atoms with E-state index in [1.54, 1.807) is 0 Å². The Morgan fingerprint density at radius 2 is 1.95 bits per heavy atom. The lowest BCUT2D eigenvalue weighted by atomic mass is 10.0. The topological polar surface area (TPSA) is 58.7 Å². The van der Waals surface area contributed by atoms with E-state index in [4.69, 9.17) is 10.5 Å². The number of nitrogens with two attached hydrogens (primary N) is 1. The molecule has 1 aliphatic heterocycles. The second kappa shape index (κ2) is 8.49. The normalized spacial score (nSPS) is 20.3. The maximum absolute atomic E-state index is 10.3. The van der Waals surface area contributed by atoms with E-state index in [0.29, 0.717) is 12.6 Å². The Morgan fingerprint density at radius 3 is 2.57 bits per heavy atom. The van der Waals surface area contributed by atoms with Crippen molar-refractivity contribution in [3.8, 4) is 0 Å². The van der Waals surface area contributed by atoms with Crippen LogP contribution in [0.4, 0.5) is 0 Å². The minimum atomic E-state index is -0.478. The van der Waals surface area contributed by atoms with Crippen molar-refractivity contribution in [3.05, 3.63) is 35.9 Å². The number of piperidine rings is 1. The summed E-state index contributed by atoms with van der Waals surface area (Å²) in [6.45, 7) is 5.46. The highest BCUT2D eigenvalue weighted by Gasteiger charge is 2.23. The zero-order valence-corrected chi connectivity index (χ0v) is 12.9. The molecule has 4 nitrogen and oxygen atoms in total. The predicted octanol–water partition coefficient (Wildman–Crippen LogP) is 1.42. The van der Waals surface area contributed by atoms with Gasteiger partial charge in [0.15, 0.2) is 0 Å². The summed E-state index contributed by atoms with van der Waals surface area (Å²) in [5, 5.41) is 10.3. The minimum Gasteiger partial charge on any atom is -0.390 e. The lowest BCUT2D eigenvalue weighted by Gasteiger charge is -2.34. The number of ether oxygens (including phenoxy) is 1. The van der Waals surface area contributed by atoms with Gasteiger partial charge in [0.1, 0.15) is 0 Å². The molecule has 4 heteroatoms. The Bertz CT molecular complexity index is 391. The molecule has 118 valence electrons. The molecule has 1 aromatic rings. The second-order valence-electron chi connectivity index (χ2n) is 5.88.